The predicted molar refractivity (Wildman–Crippen MR) is 127 cm³/mol. The monoisotopic (exact) mass is 531 g/mol. The molecule has 0 aliphatic carbocycles. The maximum Gasteiger partial charge on any atom is 0.191 e. The predicted octanol–water partition coefficient (Wildman–Crippen LogP) is 4.20. The molecular formula is C19H23ClIN5OS. The van der Waals surface area contributed by atoms with Gasteiger partial charge in [-0.3, -0.25) is 0 Å². The number of H-pyrrole nitrogens is 1. The Balaban J connectivity index is 0.00000280. The summed E-state index contributed by atoms with van der Waals surface area (Å²) >= 11 is 7.29. The fourth-order valence-electron chi connectivity index (χ4n) is 2.50. The van der Waals surface area contributed by atoms with Crippen molar-refractivity contribution in [3.8, 4) is 11.3 Å². The molecule has 28 heavy (non-hydrogen) atoms. The number of thiophene rings is 1. The van der Waals surface area contributed by atoms with Gasteiger partial charge < -0.3 is 20.7 Å². The number of aliphatic hydroxyl groups excluding tert-OH is 1. The van der Waals surface area contributed by atoms with Crippen LogP contribution in [0.1, 0.15) is 23.7 Å². The van der Waals surface area contributed by atoms with E-state index >= 15 is 0 Å². The van der Waals surface area contributed by atoms with E-state index < -0.39 is 6.10 Å². The van der Waals surface area contributed by atoms with Gasteiger partial charge in [0.15, 0.2) is 5.96 Å². The number of benzene rings is 1. The summed E-state index contributed by atoms with van der Waals surface area (Å²) in [6, 6.07) is 13.6. The van der Waals surface area contributed by atoms with Gasteiger partial charge >= 0.3 is 0 Å². The normalized spacial score (nSPS) is 12.3. The van der Waals surface area contributed by atoms with Crippen molar-refractivity contribution in [2.24, 2.45) is 4.99 Å². The molecule has 3 aromatic rings. The Hall–Kier alpha value is -1.62. The molecule has 9 heteroatoms. The van der Waals surface area contributed by atoms with Gasteiger partial charge in [0.05, 0.1) is 16.2 Å². The number of aromatic amines is 1. The van der Waals surface area contributed by atoms with E-state index in [2.05, 4.69) is 25.6 Å². The number of imidazole rings is 1. The van der Waals surface area contributed by atoms with Gasteiger partial charge in [-0.05, 0) is 24.6 Å². The van der Waals surface area contributed by atoms with Crippen LogP contribution in [0, 0.1) is 0 Å². The first-order valence-corrected chi connectivity index (χ1v) is 9.90. The maximum atomic E-state index is 10.3. The molecule has 2 aromatic heterocycles. The average Bonchev–Trinajstić information content (AvgIpc) is 3.33. The van der Waals surface area contributed by atoms with Crippen molar-refractivity contribution < 1.29 is 5.11 Å². The highest BCUT2D eigenvalue weighted by molar-refractivity contribution is 14.0. The Morgan fingerprint density at radius 3 is 2.71 bits per heavy atom. The zero-order valence-corrected chi connectivity index (χ0v) is 19.3. The standard InChI is InChI=1S/C19H22ClN5OS.HI/c1-2-21-19(23-11-15(26)16-8-9-17(20)27-16)24-12-18-22-10-14(25-18)13-6-4-3-5-7-13;/h3-10,15,26H,2,11-12H2,1H3,(H,22,25)(H2,21,23,24);1H. The third-order valence-corrected chi connectivity index (χ3v) is 5.16. The minimum absolute atomic E-state index is 0. The summed E-state index contributed by atoms with van der Waals surface area (Å²) in [6.45, 7) is 3.46. The summed E-state index contributed by atoms with van der Waals surface area (Å²) in [6.07, 6.45) is 1.17. The number of nitrogens with one attached hydrogen (secondary N) is 3. The minimum atomic E-state index is -0.639. The van der Waals surface area contributed by atoms with E-state index in [1.165, 1.54) is 11.3 Å². The van der Waals surface area contributed by atoms with Crippen molar-refractivity contribution in [2.75, 3.05) is 13.1 Å². The van der Waals surface area contributed by atoms with Gasteiger partial charge in [-0.25, -0.2) is 9.98 Å². The second-order valence-corrected chi connectivity index (χ2v) is 7.59. The van der Waals surface area contributed by atoms with Gasteiger partial charge in [-0.2, -0.15) is 0 Å². The fourth-order valence-corrected chi connectivity index (χ4v) is 3.55. The van der Waals surface area contributed by atoms with Crippen LogP contribution >= 0.6 is 46.9 Å². The van der Waals surface area contributed by atoms with Crippen molar-refractivity contribution in [1.82, 2.24) is 20.6 Å². The molecular weight excluding hydrogens is 509 g/mol. The van der Waals surface area contributed by atoms with Crippen LogP contribution in [0.4, 0.5) is 0 Å². The first kappa shape index (κ1) is 22.7. The lowest BCUT2D eigenvalue weighted by Gasteiger charge is -2.14. The summed E-state index contributed by atoms with van der Waals surface area (Å²) < 4.78 is 0.664. The summed E-state index contributed by atoms with van der Waals surface area (Å²) in [5, 5.41) is 16.6. The topological polar surface area (TPSA) is 85.3 Å². The van der Waals surface area contributed by atoms with Gasteiger partial charge in [-0.15, -0.1) is 35.3 Å². The highest BCUT2D eigenvalue weighted by Crippen LogP contribution is 2.26. The lowest BCUT2D eigenvalue weighted by atomic mass is 10.2. The maximum absolute atomic E-state index is 10.3. The molecule has 0 fully saturated rings. The molecule has 0 bridgehead atoms. The Morgan fingerprint density at radius 1 is 1.25 bits per heavy atom. The number of aliphatic hydroxyl groups is 1. The molecule has 0 spiro atoms. The van der Waals surface area contributed by atoms with E-state index in [9.17, 15) is 5.11 Å². The van der Waals surface area contributed by atoms with Crippen LogP contribution in [0.5, 0.6) is 0 Å². The summed E-state index contributed by atoms with van der Waals surface area (Å²) in [5.41, 5.74) is 2.05. The van der Waals surface area contributed by atoms with Gasteiger partial charge in [0.25, 0.3) is 0 Å². The molecule has 0 aliphatic rings. The molecule has 1 atom stereocenters. The van der Waals surface area contributed by atoms with Crippen molar-refractivity contribution in [3.05, 3.63) is 63.7 Å². The Labute approximate surface area is 190 Å². The summed E-state index contributed by atoms with van der Waals surface area (Å²) in [4.78, 5) is 13.0. The SMILES string of the molecule is CCNC(=NCc1ncc(-c2ccccc2)[nH]1)NCC(O)c1ccc(Cl)s1.I. The van der Waals surface area contributed by atoms with Gasteiger partial charge in [0.1, 0.15) is 18.5 Å². The van der Waals surface area contributed by atoms with Crippen molar-refractivity contribution in [1.29, 1.82) is 0 Å². The molecule has 1 aromatic carbocycles. The molecule has 0 saturated carbocycles. The minimum Gasteiger partial charge on any atom is -0.386 e. The van der Waals surface area contributed by atoms with Crippen LogP contribution in [0.25, 0.3) is 11.3 Å². The zero-order chi connectivity index (χ0) is 19.1. The zero-order valence-electron chi connectivity index (χ0n) is 15.4. The van der Waals surface area contributed by atoms with E-state index in [-0.39, 0.29) is 24.0 Å². The van der Waals surface area contributed by atoms with Crippen molar-refractivity contribution >= 4 is 52.9 Å². The quantitative estimate of drug-likeness (QED) is 0.209. The number of hydrogen-bond acceptors (Lipinski definition) is 4. The summed E-state index contributed by atoms with van der Waals surface area (Å²) in [5.74, 6) is 1.40. The first-order valence-electron chi connectivity index (χ1n) is 8.70. The second kappa shape index (κ2) is 11.4. The van der Waals surface area contributed by atoms with Crippen molar-refractivity contribution in [2.45, 2.75) is 19.6 Å². The van der Waals surface area contributed by atoms with Crippen LogP contribution in [0.3, 0.4) is 0 Å². The molecule has 3 rings (SSSR count). The van der Waals surface area contributed by atoms with Crippen LogP contribution in [0.2, 0.25) is 4.34 Å². The Bertz CT molecular complexity index is 883. The van der Waals surface area contributed by atoms with Gasteiger partial charge in [-0.1, -0.05) is 41.9 Å². The van der Waals surface area contributed by atoms with Crippen LogP contribution in [0.15, 0.2) is 53.7 Å². The van der Waals surface area contributed by atoms with E-state index in [1.807, 2.05) is 49.5 Å². The lowest BCUT2D eigenvalue weighted by Crippen LogP contribution is -2.39. The molecule has 1 unspecified atom stereocenters. The molecule has 0 saturated heterocycles. The average molecular weight is 532 g/mol. The van der Waals surface area contributed by atoms with E-state index in [4.69, 9.17) is 11.6 Å². The fraction of sp³-hybridized carbons (Fsp3) is 0.263. The van der Waals surface area contributed by atoms with E-state index in [1.54, 1.807) is 6.07 Å². The lowest BCUT2D eigenvalue weighted by molar-refractivity contribution is 0.184. The van der Waals surface area contributed by atoms with E-state index in [0.717, 1.165) is 28.5 Å². The van der Waals surface area contributed by atoms with Crippen molar-refractivity contribution in [3.63, 3.8) is 0 Å². The number of aromatic nitrogens is 2. The molecule has 0 aliphatic heterocycles. The molecule has 0 radical (unpaired) electrons. The van der Waals surface area contributed by atoms with Crippen LogP contribution in [-0.2, 0) is 6.54 Å². The highest BCUT2D eigenvalue weighted by Gasteiger charge is 2.11. The molecule has 150 valence electrons. The third-order valence-electron chi connectivity index (χ3n) is 3.83. The van der Waals surface area contributed by atoms with Gasteiger partial charge in [0, 0.05) is 18.0 Å². The highest BCUT2D eigenvalue weighted by atomic mass is 127. The molecule has 6 nitrogen and oxygen atoms in total. The third kappa shape index (κ3) is 6.47. The Morgan fingerprint density at radius 2 is 2.04 bits per heavy atom. The van der Waals surface area contributed by atoms with Crippen LogP contribution in [-0.4, -0.2) is 34.1 Å². The first-order chi connectivity index (χ1) is 13.2. The van der Waals surface area contributed by atoms with E-state index in [0.29, 0.717) is 23.4 Å². The largest absolute Gasteiger partial charge is 0.386 e. The smallest absolute Gasteiger partial charge is 0.191 e. The number of hydrogen-bond donors (Lipinski definition) is 4. The number of nitrogens with zero attached hydrogens (tertiary/aromatic N) is 2. The number of halogens is 2. The number of aliphatic imine (C=N–C) groups is 1. The second-order valence-electron chi connectivity index (χ2n) is 5.84. The molecule has 2 heterocycles. The van der Waals surface area contributed by atoms with Gasteiger partial charge in [0.2, 0.25) is 0 Å². The summed E-state index contributed by atoms with van der Waals surface area (Å²) in [7, 11) is 0. The molecule has 0 amide bonds. The molecule has 4 N–H and O–H groups in total. The van der Waals surface area contributed by atoms with Crippen LogP contribution < -0.4 is 10.6 Å². The number of rotatable bonds is 7. The Kier molecular flexibility index (Phi) is 9.23. The number of guanidine groups is 1.